The van der Waals surface area contributed by atoms with Gasteiger partial charge in [0.2, 0.25) is 5.82 Å². The fourth-order valence-electron chi connectivity index (χ4n) is 4.27. The Hall–Kier alpha value is -1.71. The topological polar surface area (TPSA) is 9.23 Å². The minimum absolute atomic E-state index is 0.113. The van der Waals surface area contributed by atoms with Gasteiger partial charge < -0.3 is 4.74 Å². The van der Waals surface area contributed by atoms with Crippen molar-refractivity contribution in [2.75, 3.05) is 6.61 Å². The van der Waals surface area contributed by atoms with Crippen LogP contribution in [0.3, 0.4) is 0 Å². The normalized spacial score (nSPS) is 20.2. The molecule has 0 amide bonds. The van der Waals surface area contributed by atoms with Crippen molar-refractivity contribution in [3.05, 3.63) is 41.2 Å². The lowest BCUT2D eigenvalue weighted by Gasteiger charge is -2.28. The first-order valence-corrected chi connectivity index (χ1v) is 10.3. The molecule has 148 valence electrons. The molecule has 0 atom stereocenters. The van der Waals surface area contributed by atoms with Gasteiger partial charge >= 0.3 is 0 Å². The third-order valence-corrected chi connectivity index (χ3v) is 5.83. The molecule has 2 aromatic carbocycles. The standard InChI is InChI=1S/C23H29F3O/c1-3-5-15-7-9-16(10-8-15)14-27-19-13-18-12-11-17(6-4-2)21(24)20(18)23(26)22(19)25/h11-13,15-16H,3-10,14H2,1-2H3. The van der Waals surface area contributed by atoms with Crippen molar-refractivity contribution in [3.63, 3.8) is 0 Å². The van der Waals surface area contributed by atoms with Gasteiger partial charge in [0, 0.05) is 0 Å². The number of hydrogen-bond acceptors (Lipinski definition) is 1. The Balaban J connectivity index is 1.74. The van der Waals surface area contributed by atoms with E-state index in [0.29, 0.717) is 29.9 Å². The van der Waals surface area contributed by atoms with E-state index in [1.165, 1.54) is 31.7 Å². The second kappa shape index (κ2) is 8.99. The minimum atomic E-state index is -1.15. The van der Waals surface area contributed by atoms with Crippen molar-refractivity contribution in [2.45, 2.75) is 65.2 Å². The summed E-state index contributed by atoms with van der Waals surface area (Å²) in [5.74, 6) is -1.84. The Labute approximate surface area is 159 Å². The van der Waals surface area contributed by atoms with Crippen LogP contribution in [0, 0.1) is 29.3 Å². The molecule has 1 aliphatic carbocycles. The van der Waals surface area contributed by atoms with Crippen molar-refractivity contribution in [3.8, 4) is 5.75 Å². The molecule has 1 saturated carbocycles. The van der Waals surface area contributed by atoms with Gasteiger partial charge in [-0.05, 0) is 48.1 Å². The fraction of sp³-hybridized carbons (Fsp3) is 0.565. The predicted molar refractivity (Wildman–Crippen MR) is 104 cm³/mol. The lowest BCUT2D eigenvalue weighted by atomic mass is 9.80. The predicted octanol–water partition coefficient (Wildman–Crippen LogP) is 7.19. The summed E-state index contributed by atoms with van der Waals surface area (Å²) in [5, 5.41) is 0.0683. The number of fused-ring (bicyclic) bond motifs is 1. The van der Waals surface area contributed by atoms with E-state index >= 15 is 0 Å². The van der Waals surface area contributed by atoms with Crippen LogP contribution in [0.15, 0.2) is 18.2 Å². The fourth-order valence-corrected chi connectivity index (χ4v) is 4.27. The average Bonchev–Trinajstić information content (AvgIpc) is 2.67. The molecular weight excluding hydrogens is 349 g/mol. The van der Waals surface area contributed by atoms with Crippen LogP contribution in [0.4, 0.5) is 13.2 Å². The van der Waals surface area contributed by atoms with Gasteiger partial charge in [-0.25, -0.2) is 8.78 Å². The van der Waals surface area contributed by atoms with Gasteiger partial charge in [-0.15, -0.1) is 0 Å². The summed E-state index contributed by atoms with van der Waals surface area (Å²) in [7, 11) is 0. The molecule has 3 rings (SSSR count). The van der Waals surface area contributed by atoms with E-state index < -0.39 is 17.5 Å². The van der Waals surface area contributed by atoms with Crippen LogP contribution >= 0.6 is 0 Å². The molecular formula is C23H29F3O. The van der Waals surface area contributed by atoms with Crippen LogP contribution in [0.5, 0.6) is 5.75 Å². The van der Waals surface area contributed by atoms with E-state index in [1.807, 2.05) is 6.92 Å². The first kappa shape index (κ1) is 20.0. The first-order valence-electron chi connectivity index (χ1n) is 10.3. The summed E-state index contributed by atoms with van der Waals surface area (Å²) in [5.41, 5.74) is 0.417. The van der Waals surface area contributed by atoms with Gasteiger partial charge in [0.15, 0.2) is 11.6 Å². The molecule has 27 heavy (non-hydrogen) atoms. The van der Waals surface area contributed by atoms with E-state index in [4.69, 9.17) is 4.74 Å². The zero-order chi connectivity index (χ0) is 19.4. The van der Waals surface area contributed by atoms with Crippen molar-refractivity contribution >= 4 is 10.8 Å². The van der Waals surface area contributed by atoms with Crippen LogP contribution in [-0.2, 0) is 6.42 Å². The lowest BCUT2D eigenvalue weighted by molar-refractivity contribution is 0.173. The molecule has 0 bridgehead atoms. The highest BCUT2D eigenvalue weighted by molar-refractivity contribution is 5.86. The number of benzene rings is 2. The molecule has 1 aliphatic rings. The quantitative estimate of drug-likeness (QED) is 0.495. The molecule has 0 heterocycles. The molecule has 4 heteroatoms. The molecule has 0 radical (unpaired) electrons. The second-order valence-electron chi connectivity index (χ2n) is 7.88. The lowest BCUT2D eigenvalue weighted by Crippen LogP contribution is -2.20. The van der Waals surface area contributed by atoms with Crippen LogP contribution in [-0.4, -0.2) is 6.61 Å². The number of rotatable bonds is 7. The number of aryl methyl sites for hydroxylation is 1. The summed E-state index contributed by atoms with van der Waals surface area (Å²) in [6.07, 6.45) is 8.22. The van der Waals surface area contributed by atoms with Crippen molar-refractivity contribution in [1.29, 1.82) is 0 Å². The van der Waals surface area contributed by atoms with Crippen LogP contribution in [0.1, 0.15) is 64.4 Å². The summed E-state index contributed by atoms with van der Waals surface area (Å²) in [6.45, 7) is 4.52. The highest BCUT2D eigenvalue weighted by Crippen LogP contribution is 2.34. The SMILES string of the molecule is CCCc1ccc2cc(OCC3CCC(CCC)CC3)c(F)c(F)c2c1F. The van der Waals surface area contributed by atoms with E-state index in [1.54, 1.807) is 12.1 Å². The Morgan fingerprint density at radius 3 is 2.26 bits per heavy atom. The van der Waals surface area contributed by atoms with Crippen LogP contribution in [0.25, 0.3) is 10.8 Å². The molecule has 1 nitrogen and oxygen atoms in total. The van der Waals surface area contributed by atoms with Crippen molar-refractivity contribution in [2.24, 2.45) is 11.8 Å². The zero-order valence-electron chi connectivity index (χ0n) is 16.3. The molecule has 0 spiro atoms. The zero-order valence-corrected chi connectivity index (χ0v) is 16.3. The molecule has 0 saturated heterocycles. The van der Waals surface area contributed by atoms with E-state index in [2.05, 4.69) is 6.92 Å². The smallest absolute Gasteiger partial charge is 0.201 e. The molecule has 0 unspecified atom stereocenters. The highest BCUT2D eigenvalue weighted by Gasteiger charge is 2.23. The maximum atomic E-state index is 14.6. The summed E-state index contributed by atoms with van der Waals surface area (Å²) in [6, 6.07) is 4.72. The van der Waals surface area contributed by atoms with Crippen molar-refractivity contribution in [1.82, 2.24) is 0 Å². The van der Waals surface area contributed by atoms with Gasteiger partial charge in [-0.3, -0.25) is 0 Å². The molecule has 0 N–H and O–H groups in total. The third-order valence-electron chi connectivity index (χ3n) is 5.83. The van der Waals surface area contributed by atoms with E-state index in [9.17, 15) is 13.2 Å². The van der Waals surface area contributed by atoms with Crippen LogP contribution in [0.2, 0.25) is 0 Å². The first-order chi connectivity index (χ1) is 13.0. The number of hydrogen-bond donors (Lipinski definition) is 0. The highest BCUT2D eigenvalue weighted by atomic mass is 19.2. The number of ether oxygens (including phenoxy) is 1. The van der Waals surface area contributed by atoms with Crippen LogP contribution < -0.4 is 4.74 Å². The second-order valence-corrected chi connectivity index (χ2v) is 7.88. The maximum absolute atomic E-state index is 14.6. The summed E-state index contributed by atoms with van der Waals surface area (Å²) in [4.78, 5) is 0. The molecule has 0 aliphatic heterocycles. The summed E-state index contributed by atoms with van der Waals surface area (Å²) >= 11 is 0. The van der Waals surface area contributed by atoms with Gasteiger partial charge in [-0.1, -0.05) is 58.1 Å². The van der Waals surface area contributed by atoms with Gasteiger partial charge in [0.25, 0.3) is 0 Å². The largest absolute Gasteiger partial charge is 0.490 e. The Kier molecular flexibility index (Phi) is 6.67. The van der Waals surface area contributed by atoms with Gasteiger partial charge in [0.05, 0.1) is 12.0 Å². The maximum Gasteiger partial charge on any atom is 0.201 e. The monoisotopic (exact) mass is 378 g/mol. The van der Waals surface area contributed by atoms with Gasteiger partial charge in [-0.2, -0.15) is 4.39 Å². The average molecular weight is 378 g/mol. The number of halogens is 3. The Morgan fingerprint density at radius 1 is 0.889 bits per heavy atom. The molecule has 0 aromatic heterocycles. The minimum Gasteiger partial charge on any atom is -0.490 e. The van der Waals surface area contributed by atoms with Gasteiger partial charge in [0.1, 0.15) is 5.82 Å². The van der Waals surface area contributed by atoms with E-state index in [-0.39, 0.29) is 11.1 Å². The Morgan fingerprint density at radius 2 is 1.59 bits per heavy atom. The summed E-state index contributed by atoms with van der Waals surface area (Å²) < 4.78 is 49.2. The molecule has 2 aromatic rings. The molecule has 1 fully saturated rings. The Bertz CT molecular complexity index is 779. The van der Waals surface area contributed by atoms with Crippen molar-refractivity contribution < 1.29 is 17.9 Å². The van der Waals surface area contributed by atoms with E-state index in [0.717, 1.165) is 25.2 Å². The third kappa shape index (κ3) is 4.41.